The topological polar surface area (TPSA) is 12.0 Å². The molecule has 0 spiro atoms. The molecule has 0 bridgehead atoms. The Kier molecular flexibility index (Phi) is 4.81. The molecule has 112 valence electrons. The molecule has 2 aromatic rings. The first-order valence-corrected chi connectivity index (χ1v) is 6.88. The molecule has 21 heavy (non-hydrogen) atoms. The third-order valence-electron chi connectivity index (χ3n) is 3.12. The van der Waals surface area contributed by atoms with Crippen LogP contribution in [0, 0.1) is 0 Å². The van der Waals surface area contributed by atoms with E-state index in [0.29, 0.717) is 21.2 Å². The second-order valence-electron chi connectivity index (χ2n) is 4.48. The van der Waals surface area contributed by atoms with Gasteiger partial charge in [-0.15, -0.1) is 0 Å². The first-order valence-electron chi connectivity index (χ1n) is 6.13. The van der Waals surface area contributed by atoms with Crippen molar-refractivity contribution in [2.45, 2.75) is 12.2 Å². The summed E-state index contributed by atoms with van der Waals surface area (Å²) in [4.78, 5) is 0. The molecule has 0 saturated carbocycles. The lowest BCUT2D eigenvalue weighted by molar-refractivity contribution is -0.137. The molecule has 6 heteroatoms. The standard InChI is InChI=1S/C15H12Cl2F3N/c1-21-14(13-11(16)6-3-7-12(13)17)9-4-2-5-10(8-9)15(18,19)20/h2-8,14,21H,1H3. The van der Waals surface area contributed by atoms with Crippen LogP contribution in [0.2, 0.25) is 10.0 Å². The van der Waals surface area contributed by atoms with E-state index >= 15 is 0 Å². The highest BCUT2D eigenvalue weighted by Crippen LogP contribution is 2.36. The number of rotatable bonds is 3. The van der Waals surface area contributed by atoms with Crippen LogP contribution < -0.4 is 5.32 Å². The first-order chi connectivity index (χ1) is 9.84. The quantitative estimate of drug-likeness (QED) is 0.801. The van der Waals surface area contributed by atoms with Crippen LogP contribution in [0.25, 0.3) is 0 Å². The van der Waals surface area contributed by atoms with Crippen LogP contribution in [0.1, 0.15) is 22.7 Å². The smallest absolute Gasteiger partial charge is 0.309 e. The summed E-state index contributed by atoms with van der Waals surface area (Å²) < 4.78 is 38.5. The van der Waals surface area contributed by atoms with Crippen LogP contribution >= 0.6 is 23.2 Å². The van der Waals surface area contributed by atoms with Gasteiger partial charge in [0, 0.05) is 15.6 Å². The Hall–Kier alpha value is -1.23. The summed E-state index contributed by atoms with van der Waals surface area (Å²) in [6.45, 7) is 0. The fourth-order valence-electron chi connectivity index (χ4n) is 2.16. The Morgan fingerprint density at radius 2 is 1.57 bits per heavy atom. The number of nitrogens with one attached hydrogen (secondary N) is 1. The Labute approximate surface area is 130 Å². The molecule has 1 nitrogen and oxygen atoms in total. The van der Waals surface area contributed by atoms with E-state index in [9.17, 15) is 13.2 Å². The van der Waals surface area contributed by atoms with Crippen molar-refractivity contribution in [3.8, 4) is 0 Å². The van der Waals surface area contributed by atoms with Crippen molar-refractivity contribution in [2.24, 2.45) is 0 Å². The molecule has 0 aliphatic heterocycles. The van der Waals surface area contributed by atoms with Crippen LogP contribution in [0.3, 0.4) is 0 Å². The van der Waals surface area contributed by atoms with Gasteiger partial charge in [0.2, 0.25) is 0 Å². The van der Waals surface area contributed by atoms with Crippen molar-refractivity contribution < 1.29 is 13.2 Å². The van der Waals surface area contributed by atoms with Gasteiger partial charge in [-0.2, -0.15) is 13.2 Å². The minimum absolute atomic E-state index is 0.402. The Morgan fingerprint density at radius 1 is 1.00 bits per heavy atom. The molecule has 0 fully saturated rings. The zero-order valence-electron chi connectivity index (χ0n) is 11.0. The Morgan fingerprint density at radius 3 is 2.10 bits per heavy atom. The summed E-state index contributed by atoms with van der Waals surface area (Å²) in [5, 5.41) is 3.76. The minimum Gasteiger partial charge on any atom is -0.309 e. The molecule has 0 aliphatic carbocycles. The van der Waals surface area contributed by atoms with E-state index in [1.807, 2.05) is 0 Å². The van der Waals surface area contributed by atoms with Crippen LogP contribution in [0.15, 0.2) is 42.5 Å². The largest absolute Gasteiger partial charge is 0.416 e. The van der Waals surface area contributed by atoms with Crippen LogP contribution in [0.5, 0.6) is 0 Å². The second kappa shape index (κ2) is 6.26. The summed E-state index contributed by atoms with van der Waals surface area (Å²) in [6, 6.07) is 9.58. The Bertz CT molecular complexity index is 621. The fourth-order valence-corrected chi connectivity index (χ4v) is 2.77. The number of halogens is 5. The van der Waals surface area contributed by atoms with Crippen LogP contribution in [0.4, 0.5) is 13.2 Å². The molecule has 1 N–H and O–H groups in total. The fraction of sp³-hybridized carbons (Fsp3) is 0.200. The zero-order chi connectivity index (χ0) is 15.6. The van der Waals surface area contributed by atoms with Gasteiger partial charge in [-0.1, -0.05) is 41.4 Å². The monoisotopic (exact) mass is 333 g/mol. The van der Waals surface area contributed by atoms with Crippen molar-refractivity contribution in [2.75, 3.05) is 7.05 Å². The van der Waals surface area contributed by atoms with Crippen LogP contribution in [-0.4, -0.2) is 7.05 Å². The average Bonchev–Trinajstić information content (AvgIpc) is 2.42. The molecular weight excluding hydrogens is 322 g/mol. The summed E-state index contributed by atoms with van der Waals surface area (Å²) in [7, 11) is 1.64. The summed E-state index contributed by atoms with van der Waals surface area (Å²) in [5.41, 5.74) is 0.299. The molecule has 0 amide bonds. The van der Waals surface area contributed by atoms with E-state index < -0.39 is 17.8 Å². The predicted octanol–water partition coefficient (Wildman–Crippen LogP) is 5.32. The van der Waals surface area contributed by atoms with Gasteiger partial charge in [-0.25, -0.2) is 0 Å². The zero-order valence-corrected chi connectivity index (χ0v) is 12.5. The first kappa shape index (κ1) is 16.1. The highest BCUT2D eigenvalue weighted by Gasteiger charge is 2.31. The van der Waals surface area contributed by atoms with E-state index in [4.69, 9.17) is 23.2 Å². The van der Waals surface area contributed by atoms with Gasteiger partial charge in [0.05, 0.1) is 11.6 Å². The summed E-state index contributed by atoms with van der Waals surface area (Å²) in [5.74, 6) is 0. The number of hydrogen-bond donors (Lipinski definition) is 1. The summed E-state index contributed by atoms with van der Waals surface area (Å²) in [6.07, 6.45) is -4.39. The van der Waals surface area contributed by atoms with E-state index in [2.05, 4.69) is 5.32 Å². The molecule has 2 rings (SSSR count). The molecule has 1 atom stereocenters. The van der Waals surface area contributed by atoms with E-state index in [1.165, 1.54) is 6.07 Å². The van der Waals surface area contributed by atoms with Gasteiger partial charge in [0.1, 0.15) is 0 Å². The molecule has 0 radical (unpaired) electrons. The lowest BCUT2D eigenvalue weighted by Gasteiger charge is -2.21. The molecule has 1 unspecified atom stereocenters. The Balaban J connectivity index is 2.52. The lowest BCUT2D eigenvalue weighted by atomic mass is 9.97. The molecule has 0 saturated heterocycles. The van der Waals surface area contributed by atoms with Gasteiger partial charge in [-0.3, -0.25) is 0 Å². The van der Waals surface area contributed by atoms with Gasteiger partial charge in [-0.05, 0) is 36.9 Å². The molecule has 0 aliphatic rings. The highest BCUT2D eigenvalue weighted by molar-refractivity contribution is 6.36. The van der Waals surface area contributed by atoms with E-state index in [-0.39, 0.29) is 0 Å². The van der Waals surface area contributed by atoms with Crippen molar-refractivity contribution in [3.63, 3.8) is 0 Å². The maximum absolute atomic E-state index is 12.8. The molecular formula is C15H12Cl2F3N. The molecule has 2 aromatic carbocycles. The number of hydrogen-bond acceptors (Lipinski definition) is 1. The van der Waals surface area contributed by atoms with Gasteiger partial charge < -0.3 is 5.32 Å². The predicted molar refractivity (Wildman–Crippen MR) is 78.8 cm³/mol. The molecule has 0 heterocycles. The highest BCUT2D eigenvalue weighted by atomic mass is 35.5. The third-order valence-corrected chi connectivity index (χ3v) is 3.78. The minimum atomic E-state index is -4.39. The van der Waals surface area contributed by atoms with E-state index in [1.54, 1.807) is 31.3 Å². The maximum Gasteiger partial charge on any atom is 0.416 e. The number of alkyl halides is 3. The van der Waals surface area contributed by atoms with Crippen molar-refractivity contribution in [1.29, 1.82) is 0 Å². The van der Waals surface area contributed by atoms with E-state index in [0.717, 1.165) is 12.1 Å². The lowest BCUT2D eigenvalue weighted by Crippen LogP contribution is -2.19. The molecule has 0 aromatic heterocycles. The van der Waals surface area contributed by atoms with Crippen molar-refractivity contribution in [1.82, 2.24) is 5.32 Å². The maximum atomic E-state index is 12.8. The van der Waals surface area contributed by atoms with Gasteiger partial charge in [0.15, 0.2) is 0 Å². The van der Waals surface area contributed by atoms with Crippen molar-refractivity contribution in [3.05, 3.63) is 69.2 Å². The normalized spacial score (nSPS) is 13.2. The second-order valence-corrected chi connectivity index (χ2v) is 5.29. The van der Waals surface area contributed by atoms with Gasteiger partial charge >= 0.3 is 6.18 Å². The SMILES string of the molecule is CNC(c1cccc(C(F)(F)F)c1)c1c(Cl)cccc1Cl. The van der Waals surface area contributed by atoms with Crippen LogP contribution in [-0.2, 0) is 6.18 Å². The average molecular weight is 334 g/mol. The summed E-state index contributed by atoms with van der Waals surface area (Å²) >= 11 is 12.3. The third kappa shape index (κ3) is 3.51. The number of benzene rings is 2. The van der Waals surface area contributed by atoms with Crippen molar-refractivity contribution >= 4 is 23.2 Å². The van der Waals surface area contributed by atoms with Gasteiger partial charge in [0.25, 0.3) is 0 Å².